The molecule has 0 atom stereocenters. The number of ketones is 1. The van der Waals surface area contributed by atoms with Crippen LogP contribution in [0.3, 0.4) is 0 Å². The minimum absolute atomic E-state index is 0.107. The first-order valence-electron chi connectivity index (χ1n) is 6.18. The van der Waals surface area contributed by atoms with Gasteiger partial charge in [-0.2, -0.15) is 0 Å². The van der Waals surface area contributed by atoms with Crippen molar-refractivity contribution in [2.45, 2.75) is 32.6 Å². The van der Waals surface area contributed by atoms with Crippen LogP contribution >= 0.6 is 27.5 Å². The maximum absolute atomic E-state index is 11.9. The van der Waals surface area contributed by atoms with E-state index in [2.05, 4.69) is 15.9 Å². The highest BCUT2D eigenvalue weighted by atomic mass is 79.9. The number of unbranched alkanes of at least 4 members (excludes halogenated alkanes) is 1. The highest BCUT2D eigenvalue weighted by Crippen LogP contribution is 2.23. The molecule has 0 N–H and O–H groups in total. The molecule has 0 amide bonds. The second-order valence-electron chi connectivity index (χ2n) is 4.13. The highest BCUT2D eigenvalue weighted by Gasteiger charge is 2.11. The third-order valence-electron chi connectivity index (χ3n) is 2.56. The molecule has 0 fully saturated rings. The van der Waals surface area contributed by atoms with Crippen molar-refractivity contribution in [1.29, 1.82) is 0 Å². The largest absolute Gasteiger partial charge is 0.466 e. The zero-order chi connectivity index (χ0) is 14.3. The quantitative estimate of drug-likeness (QED) is 0.417. The van der Waals surface area contributed by atoms with E-state index in [1.165, 1.54) is 0 Å². The number of ether oxygens (including phenoxy) is 1. The number of esters is 1. The summed E-state index contributed by atoms with van der Waals surface area (Å²) in [5.74, 6) is -0.438. The molecule has 0 aliphatic rings. The zero-order valence-corrected chi connectivity index (χ0v) is 13.1. The van der Waals surface area contributed by atoms with Crippen LogP contribution in [0.15, 0.2) is 22.7 Å². The van der Waals surface area contributed by atoms with E-state index < -0.39 is 0 Å². The molecule has 1 aromatic carbocycles. The Bertz CT molecular complexity index is 460. The number of hydrogen-bond donors (Lipinski definition) is 0. The second kappa shape index (κ2) is 8.33. The van der Waals surface area contributed by atoms with Crippen LogP contribution in [0.4, 0.5) is 0 Å². The summed E-state index contributed by atoms with van der Waals surface area (Å²) in [5.41, 5.74) is 0.509. The van der Waals surface area contributed by atoms with Gasteiger partial charge in [0.25, 0.3) is 0 Å². The minimum Gasteiger partial charge on any atom is -0.466 e. The predicted molar refractivity (Wildman–Crippen MR) is 78.6 cm³/mol. The smallest absolute Gasteiger partial charge is 0.306 e. The monoisotopic (exact) mass is 346 g/mol. The summed E-state index contributed by atoms with van der Waals surface area (Å²) in [6.45, 7) is 2.45. The fraction of sp³-hybridized carbons (Fsp3) is 0.429. The lowest BCUT2D eigenvalue weighted by Gasteiger charge is -2.04. The van der Waals surface area contributed by atoms with Gasteiger partial charge in [0.1, 0.15) is 0 Å². The van der Waals surface area contributed by atoms with Crippen LogP contribution in [0, 0.1) is 0 Å². The third-order valence-corrected chi connectivity index (χ3v) is 3.79. The number of hydrogen-bond acceptors (Lipinski definition) is 3. The van der Waals surface area contributed by atoms with Crippen molar-refractivity contribution < 1.29 is 14.3 Å². The minimum atomic E-state index is -0.329. The molecule has 0 spiro atoms. The Kier molecular flexibility index (Phi) is 7.10. The van der Waals surface area contributed by atoms with Gasteiger partial charge in [-0.05, 0) is 34.5 Å². The average Bonchev–Trinajstić information content (AvgIpc) is 2.39. The maximum atomic E-state index is 11.9. The van der Waals surface area contributed by atoms with E-state index in [-0.39, 0.29) is 24.6 Å². The van der Waals surface area contributed by atoms with Gasteiger partial charge in [0.05, 0.1) is 18.1 Å². The van der Waals surface area contributed by atoms with Crippen LogP contribution in [-0.4, -0.2) is 18.4 Å². The molecule has 0 unspecified atom stereocenters. The first kappa shape index (κ1) is 16.2. The summed E-state index contributed by atoms with van der Waals surface area (Å²) in [6.07, 6.45) is 2.07. The van der Waals surface area contributed by atoms with Crippen molar-refractivity contribution in [3.8, 4) is 0 Å². The Labute approximate surface area is 126 Å². The molecular weight excluding hydrogens is 332 g/mol. The Morgan fingerprint density at radius 3 is 2.68 bits per heavy atom. The van der Waals surface area contributed by atoms with Crippen LogP contribution < -0.4 is 0 Å². The normalized spacial score (nSPS) is 10.3. The molecule has 0 aliphatic heterocycles. The summed E-state index contributed by atoms with van der Waals surface area (Å²) in [5, 5.41) is 0.483. The van der Waals surface area contributed by atoms with Gasteiger partial charge in [-0.1, -0.05) is 31.0 Å². The van der Waals surface area contributed by atoms with E-state index in [0.717, 1.165) is 17.3 Å². The molecule has 19 heavy (non-hydrogen) atoms. The van der Waals surface area contributed by atoms with Gasteiger partial charge in [-0.15, -0.1) is 0 Å². The summed E-state index contributed by atoms with van der Waals surface area (Å²) in [6, 6.07) is 4.99. The third kappa shape index (κ3) is 5.74. The van der Waals surface area contributed by atoms with Crippen LogP contribution in [0.1, 0.15) is 43.0 Å². The first-order valence-corrected chi connectivity index (χ1v) is 7.35. The highest BCUT2D eigenvalue weighted by molar-refractivity contribution is 9.10. The molecule has 0 radical (unpaired) electrons. The lowest BCUT2D eigenvalue weighted by Crippen LogP contribution is -2.09. The summed E-state index contributed by atoms with van der Waals surface area (Å²) < 4.78 is 5.73. The van der Waals surface area contributed by atoms with E-state index >= 15 is 0 Å². The first-order chi connectivity index (χ1) is 9.04. The van der Waals surface area contributed by atoms with E-state index in [4.69, 9.17) is 16.3 Å². The molecule has 0 aromatic heterocycles. The molecular formula is C14H16BrClO3. The van der Waals surface area contributed by atoms with Crippen molar-refractivity contribution in [3.63, 3.8) is 0 Å². The molecule has 0 aliphatic carbocycles. The second-order valence-corrected chi connectivity index (χ2v) is 5.39. The Hall–Kier alpha value is -0.870. The fourth-order valence-electron chi connectivity index (χ4n) is 1.43. The van der Waals surface area contributed by atoms with E-state index in [9.17, 15) is 9.59 Å². The van der Waals surface area contributed by atoms with Gasteiger partial charge in [0.15, 0.2) is 5.78 Å². The molecule has 1 aromatic rings. The molecule has 0 saturated carbocycles. The Morgan fingerprint density at radius 1 is 1.32 bits per heavy atom. The van der Waals surface area contributed by atoms with Crippen molar-refractivity contribution in [1.82, 2.24) is 0 Å². The number of halogens is 2. The molecule has 3 nitrogen and oxygen atoms in total. The van der Waals surface area contributed by atoms with Gasteiger partial charge < -0.3 is 4.74 Å². The maximum Gasteiger partial charge on any atom is 0.306 e. The number of carbonyl (C=O) groups is 2. The van der Waals surface area contributed by atoms with Gasteiger partial charge in [0, 0.05) is 16.5 Å². The lowest BCUT2D eigenvalue weighted by molar-refractivity contribution is -0.143. The summed E-state index contributed by atoms with van der Waals surface area (Å²) >= 11 is 9.17. The van der Waals surface area contributed by atoms with Crippen molar-refractivity contribution in [2.24, 2.45) is 0 Å². The number of Topliss-reactive ketones (excluding diaryl/α,β-unsaturated/α-hetero) is 1. The van der Waals surface area contributed by atoms with Crippen LogP contribution in [0.2, 0.25) is 5.02 Å². The summed E-state index contributed by atoms with van der Waals surface area (Å²) in [4.78, 5) is 23.2. The number of rotatable bonds is 7. The molecule has 0 heterocycles. The van der Waals surface area contributed by atoms with E-state index in [0.29, 0.717) is 17.2 Å². The molecule has 104 valence electrons. The van der Waals surface area contributed by atoms with Crippen LogP contribution in [-0.2, 0) is 9.53 Å². The summed E-state index contributed by atoms with van der Waals surface area (Å²) in [7, 11) is 0. The standard InChI is InChI=1S/C14H16BrClO3/c1-2-3-8-19-14(18)7-6-13(17)10-4-5-11(15)12(16)9-10/h4-5,9H,2-3,6-8H2,1H3. The molecule has 0 saturated heterocycles. The Morgan fingerprint density at radius 2 is 2.05 bits per heavy atom. The van der Waals surface area contributed by atoms with E-state index in [1.54, 1.807) is 18.2 Å². The zero-order valence-electron chi connectivity index (χ0n) is 10.7. The van der Waals surface area contributed by atoms with Gasteiger partial charge >= 0.3 is 5.97 Å². The topological polar surface area (TPSA) is 43.4 Å². The molecule has 1 rings (SSSR count). The molecule has 0 bridgehead atoms. The van der Waals surface area contributed by atoms with Crippen molar-refractivity contribution >= 4 is 39.3 Å². The number of carbonyl (C=O) groups excluding carboxylic acids is 2. The van der Waals surface area contributed by atoms with Crippen LogP contribution in [0.25, 0.3) is 0 Å². The van der Waals surface area contributed by atoms with Crippen molar-refractivity contribution in [3.05, 3.63) is 33.3 Å². The lowest BCUT2D eigenvalue weighted by atomic mass is 10.1. The van der Waals surface area contributed by atoms with Gasteiger partial charge in [-0.3, -0.25) is 9.59 Å². The Balaban J connectivity index is 2.42. The average molecular weight is 348 g/mol. The van der Waals surface area contributed by atoms with Gasteiger partial charge in [-0.25, -0.2) is 0 Å². The van der Waals surface area contributed by atoms with Crippen LogP contribution in [0.5, 0.6) is 0 Å². The van der Waals surface area contributed by atoms with E-state index in [1.807, 2.05) is 6.92 Å². The number of benzene rings is 1. The molecule has 5 heteroatoms. The fourth-order valence-corrected chi connectivity index (χ4v) is 1.86. The SMILES string of the molecule is CCCCOC(=O)CCC(=O)c1ccc(Br)c(Cl)c1. The van der Waals surface area contributed by atoms with Crippen molar-refractivity contribution in [2.75, 3.05) is 6.61 Å². The van der Waals surface area contributed by atoms with Gasteiger partial charge in [0.2, 0.25) is 0 Å². The predicted octanol–water partition coefficient (Wildman–Crippen LogP) is 4.41.